The van der Waals surface area contributed by atoms with Crippen LogP contribution in [0.1, 0.15) is 64.3 Å². The number of hydrogen-bond donors (Lipinski definition) is 1. The maximum absolute atomic E-state index is 3.73. The molecule has 1 heterocycles. The Bertz CT molecular complexity index is 413. The summed E-state index contributed by atoms with van der Waals surface area (Å²) < 4.78 is 1.25. The molecule has 0 aromatic carbocycles. The van der Waals surface area contributed by atoms with Crippen LogP contribution < -0.4 is 5.32 Å². The third-order valence-corrected chi connectivity index (χ3v) is 6.50. The first-order valence-electron chi connectivity index (χ1n) is 7.90. The zero-order valence-corrected chi connectivity index (χ0v) is 15.6. The minimum absolute atomic E-state index is 0.477. The first kappa shape index (κ1) is 16.5. The van der Waals surface area contributed by atoms with E-state index in [2.05, 4.69) is 61.1 Å². The molecule has 1 N–H and O–H groups in total. The molecule has 1 unspecified atom stereocenters. The van der Waals surface area contributed by atoms with E-state index in [0.717, 1.165) is 18.4 Å². The van der Waals surface area contributed by atoms with Crippen LogP contribution in [0.5, 0.6) is 0 Å². The van der Waals surface area contributed by atoms with Gasteiger partial charge in [0, 0.05) is 10.9 Å². The van der Waals surface area contributed by atoms with Gasteiger partial charge in [-0.15, -0.1) is 11.3 Å². The van der Waals surface area contributed by atoms with Crippen LogP contribution in [-0.4, -0.2) is 6.54 Å². The molecular formula is C17H28BrNS. The molecule has 1 aliphatic carbocycles. The van der Waals surface area contributed by atoms with E-state index in [1.54, 1.807) is 0 Å². The van der Waals surface area contributed by atoms with Crippen LogP contribution in [0.3, 0.4) is 0 Å². The number of rotatable bonds is 4. The molecule has 3 heteroatoms. The Kier molecular flexibility index (Phi) is 5.72. The number of hydrogen-bond acceptors (Lipinski definition) is 2. The van der Waals surface area contributed by atoms with Crippen molar-refractivity contribution in [2.75, 3.05) is 6.54 Å². The predicted molar refractivity (Wildman–Crippen MR) is 93.3 cm³/mol. The summed E-state index contributed by atoms with van der Waals surface area (Å²) in [5, 5.41) is 3.73. The summed E-state index contributed by atoms with van der Waals surface area (Å²) in [7, 11) is 0. The molecule has 0 spiro atoms. The summed E-state index contributed by atoms with van der Waals surface area (Å²) in [4.78, 5) is 1.50. The van der Waals surface area contributed by atoms with Crippen molar-refractivity contribution in [3.8, 4) is 0 Å². The van der Waals surface area contributed by atoms with E-state index in [4.69, 9.17) is 0 Å². The Balaban J connectivity index is 2.02. The average Bonchev–Trinajstić information content (AvgIpc) is 2.81. The minimum Gasteiger partial charge on any atom is -0.309 e. The Morgan fingerprint density at radius 2 is 1.90 bits per heavy atom. The maximum atomic E-state index is 3.73. The van der Waals surface area contributed by atoms with Gasteiger partial charge in [-0.1, -0.05) is 27.7 Å². The fourth-order valence-corrected chi connectivity index (χ4v) is 5.13. The molecule has 1 saturated carbocycles. The van der Waals surface area contributed by atoms with Gasteiger partial charge in [-0.05, 0) is 77.5 Å². The van der Waals surface area contributed by atoms with Crippen molar-refractivity contribution in [1.29, 1.82) is 0 Å². The van der Waals surface area contributed by atoms with Gasteiger partial charge in [0.25, 0.3) is 0 Å². The summed E-state index contributed by atoms with van der Waals surface area (Å²) in [6, 6.07) is 5.03. The molecule has 1 fully saturated rings. The van der Waals surface area contributed by atoms with Gasteiger partial charge < -0.3 is 5.32 Å². The molecule has 0 radical (unpaired) electrons. The molecule has 0 aliphatic heterocycles. The largest absolute Gasteiger partial charge is 0.309 e. The number of thiophene rings is 1. The van der Waals surface area contributed by atoms with E-state index in [-0.39, 0.29) is 0 Å². The van der Waals surface area contributed by atoms with E-state index < -0.39 is 0 Å². The average molecular weight is 358 g/mol. The van der Waals surface area contributed by atoms with Crippen LogP contribution >= 0.6 is 27.3 Å². The molecule has 1 nitrogen and oxygen atoms in total. The highest BCUT2D eigenvalue weighted by atomic mass is 79.9. The molecular weight excluding hydrogens is 330 g/mol. The van der Waals surface area contributed by atoms with Crippen molar-refractivity contribution in [2.45, 2.75) is 59.4 Å². The molecule has 1 aromatic heterocycles. The lowest BCUT2D eigenvalue weighted by atomic mass is 9.68. The second-order valence-electron chi connectivity index (χ2n) is 7.15. The number of halogens is 1. The molecule has 20 heavy (non-hydrogen) atoms. The predicted octanol–water partition coefficient (Wildman–Crippen LogP) is 6.01. The molecule has 0 bridgehead atoms. The van der Waals surface area contributed by atoms with Crippen LogP contribution in [0.4, 0.5) is 0 Å². The van der Waals surface area contributed by atoms with Crippen LogP contribution in [-0.2, 0) is 0 Å². The Labute approximate surface area is 136 Å². The van der Waals surface area contributed by atoms with E-state index in [9.17, 15) is 0 Å². The summed E-state index contributed by atoms with van der Waals surface area (Å²) in [5.74, 6) is 1.70. The van der Waals surface area contributed by atoms with Crippen molar-refractivity contribution >= 4 is 27.3 Å². The van der Waals surface area contributed by atoms with Crippen LogP contribution in [0, 0.1) is 17.3 Å². The zero-order valence-electron chi connectivity index (χ0n) is 13.2. The van der Waals surface area contributed by atoms with Gasteiger partial charge in [-0.3, -0.25) is 0 Å². The normalized spacial score (nSPS) is 25.6. The van der Waals surface area contributed by atoms with Crippen molar-refractivity contribution in [3.05, 3.63) is 20.8 Å². The smallest absolute Gasteiger partial charge is 0.0701 e. The van der Waals surface area contributed by atoms with Crippen LogP contribution in [0.2, 0.25) is 0 Å². The SMILES string of the molecule is CCNC(c1ccc(Br)s1)C1CCC(C(C)(C)C)CC1. The summed E-state index contributed by atoms with van der Waals surface area (Å²) in [6.45, 7) is 10.5. The molecule has 114 valence electrons. The Hall–Kier alpha value is 0.140. The van der Waals surface area contributed by atoms with Crippen LogP contribution in [0.25, 0.3) is 0 Å². The van der Waals surface area contributed by atoms with E-state index in [0.29, 0.717) is 11.5 Å². The third kappa shape index (κ3) is 4.08. The third-order valence-electron chi connectivity index (χ3n) is 4.79. The Morgan fingerprint density at radius 1 is 1.25 bits per heavy atom. The molecule has 0 amide bonds. The second kappa shape index (κ2) is 6.93. The van der Waals surface area contributed by atoms with Crippen molar-refractivity contribution in [3.63, 3.8) is 0 Å². The van der Waals surface area contributed by atoms with Gasteiger partial charge in [-0.2, -0.15) is 0 Å². The standard InChI is InChI=1S/C17H28BrNS/c1-5-19-16(14-10-11-15(18)20-14)12-6-8-13(9-7-12)17(2,3)4/h10-13,16,19H,5-9H2,1-4H3. The first-order chi connectivity index (χ1) is 9.41. The summed E-state index contributed by atoms with van der Waals surface area (Å²) in [6.07, 6.45) is 5.52. The molecule has 1 aromatic rings. The van der Waals surface area contributed by atoms with Gasteiger partial charge >= 0.3 is 0 Å². The highest BCUT2D eigenvalue weighted by molar-refractivity contribution is 9.11. The molecule has 1 atom stereocenters. The fraction of sp³-hybridized carbons (Fsp3) is 0.765. The maximum Gasteiger partial charge on any atom is 0.0701 e. The lowest BCUT2D eigenvalue weighted by Crippen LogP contribution is -2.33. The van der Waals surface area contributed by atoms with Gasteiger partial charge in [0.15, 0.2) is 0 Å². The highest BCUT2D eigenvalue weighted by Gasteiger charge is 2.33. The van der Waals surface area contributed by atoms with Crippen molar-refractivity contribution < 1.29 is 0 Å². The number of nitrogens with one attached hydrogen (secondary N) is 1. The Morgan fingerprint density at radius 3 is 2.35 bits per heavy atom. The fourth-order valence-electron chi connectivity index (χ4n) is 3.53. The molecule has 1 aliphatic rings. The minimum atomic E-state index is 0.477. The van der Waals surface area contributed by atoms with Gasteiger partial charge in [0.1, 0.15) is 0 Å². The molecule has 0 saturated heterocycles. The van der Waals surface area contributed by atoms with Crippen molar-refractivity contribution in [2.24, 2.45) is 17.3 Å². The lowest BCUT2D eigenvalue weighted by Gasteiger charge is -2.39. The van der Waals surface area contributed by atoms with Gasteiger partial charge in [0.2, 0.25) is 0 Å². The summed E-state index contributed by atoms with van der Waals surface area (Å²) in [5.41, 5.74) is 0.477. The first-order valence-corrected chi connectivity index (χ1v) is 9.51. The van der Waals surface area contributed by atoms with Gasteiger partial charge in [0.05, 0.1) is 3.79 Å². The highest BCUT2D eigenvalue weighted by Crippen LogP contribution is 2.44. The summed E-state index contributed by atoms with van der Waals surface area (Å²) >= 11 is 5.49. The van der Waals surface area contributed by atoms with E-state index in [1.165, 1.54) is 34.3 Å². The van der Waals surface area contributed by atoms with Crippen molar-refractivity contribution in [1.82, 2.24) is 5.32 Å². The topological polar surface area (TPSA) is 12.0 Å². The monoisotopic (exact) mass is 357 g/mol. The lowest BCUT2D eigenvalue weighted by molar-refractivity contribution is 0.133. The molecule has 2 rings (SSSR count). The van der Waals surface area contributed by atoms with Crippen LogP contribution in [0.15, 0.2) is 15.9 Å². The van der Waals surface area contributed by atoms with E-state index >= 15 is 0 Å². The zero-order chi connectivity index (χ0) is 14.8. The quantitative estimate of drug-likeness (QED) is 0.695. The van der Waals surface area contributed by atoms with Gasteiger partial charge in [-0.25, -0.2) is 0 Å². The van der Waals surface area contributed by atoms with E-state index in [1.807, 2.05) is 11.3 Å². The second-order valence-corrected chi connectivity index (χ2v) is 9.65.